The molecule has 0 radical (unpaired) electrons. The highest BCUT2D eigenvalue weighted by molar-refractivity contribution is 7.80. The first-order chi connectivity index (χ1) is 8.08. The summed E-state index contributed by atoms with van der Waals surface area (Å²) in [6.07, 6.45) is 3.54. The Morgan fingerprint density at radius 3 is 2.88 bits per heavy atom. The van der Waals surface area contributed by atoms with Gasteiger partial charge in [-0.05, 0) is 30.7 Å². The zero-order chi connectivity index (χ0) is 12.4. The number of benzene rings is 1. The van der Waals surface area contributed by atoms with Gasteiger partial charge in [0, 0.05) is 24.5 Å². The molecule has 0 saturated heterocycles. The number of aromatic nitrogens is 2. The summed E-state index contributed by atoms with van der Waals surface area (Å²) in [6.45, 7) is 2.40. The summed E-state index contributed by atoms with van der Waals surface area (Å²) in [4.78, 5) is 4.39. The molecule has 0 spiro atoms. The fourth-order valence-electron chi connectivity index (χ4n) is 1.69. The molecule has 0 aliphatic rings. The largest absolute Gasteiger partial charge is 0.389 e. The highest BCUT2D eigenvalue weighted by Gasteiger charge is 2.08. The van der Waals surface area contributed by atoms with E-state index in [0.29, 0.717) is 12.1 Å². The van der Waals surface area contributed by atoms with Crippen molar-refractivity contribution in [3.8, 4) is 0 Å². The van der Waals surface area contributed by atoms with Crippen molar-refractivity contribution in [1.82, 2.24) is 9.55 Å². The first kappa shape index (κ1) is 11.7. The van der Waals surface area contributed by atoms with E-state index in [1.54, 1.807) is 12.3 Å². The van der Waals surface area contributed by atoms with Crippen molar-refractivity contribution < 1.29 is 4.39 Å². The van der Waals surface area contributed by atoms with Gasteiger partial charge in [-0.1, -0.05) is 12.2 Å². The molecular weight excluding hydrogens is 237 g/mol. The normalized spacial score (nSPS) is 10.5. The molecule has 0 unspecified atom stereocenters. The summed E-state index contributed by atoms with van der Waals surface area (Å²) in [5.41, 5.74) is 7.08. The minimum Gasteiger partial charge on any atom is -0.389 e. The number of nitrogens with zero attached hydrogens (tertiary/aromatic N) is 2. The van der Waals surface area contributed by atoms with Crippen molar-refractivity contribution in [2.75, 3.05) is 0 Å². The SMILES string of the molecule is Cc1nccn1Cc1cc(F)ccc1C(N)=S. The van der Waals surface area contributed by atoms with Gasteiger partial charge >= 0.3 is 0 Å². The molecule has 2 rings (SSSR count). The van der Waals surface area contributed by atoms with E-state index in [2.05, 4.69) is 4.98 Å². The number of halogens is 1. The molecule has 0 bridgehead atoms. The van der Waals surface area contributed by atoms with Gasteiger partial charge in [-0.2, -0.15) is 0 Å². The minimum absolute atomic E-state index is 0.276. The van der Waals surface area contributed by atoms with Gasteiger partial charge in [-0.3, -0.25) is 0 Å². The zero-order valence-corrected chi connectivity index (χ0v) is 10.2. The topological polar surface area (TPSA) is 43.8 Å². The van der Waals surface area contributed by atoms with Gasteiger partial charge in [0.05, 0.1) is 0 Å². The van der Waals surface area contributed by atoms with Gasteiger partial charge in [0.15, 0.2) is 0 Å². The molecule has 1 aromatic carbocycles. The van der Waals surface area contributed by atoms with Crippen LogP contribution in [-0.4, -0.2) is 14.5 Å². The average molecular weight is 249 g/mol. The highest BCUT2D eigenvalue weighted by Crippen LogP contribution is 2.14. The van der Waals surface area contributed by atoms with Crippen LogP contribution >= 0.6 is 12.2 Å². The molecule has 3 nitrogen and oxygen atoms in total. The smallest absolute Gasteiger partial charge is 0.123 e. The molecule has 0 saturated carbocycles. The van der Waals surface area contributed by atoms with E-state index in [4.69, 9.17) is 18.0 Å². The predicted octanol–water partition coefficient (Wildman–Crippen LogP) is 2.01. The molecule has 0 aliphatic heterocycles. The third-order valence-corrected chi connectivity index (χ3v) is 2.82. The van der Waals surface area contributed by atoms with Gasteiger partial charge < -0.3 is 10.3 Å². The second-order valence-electron chi connectivity index (χ2n) is 3.77. The minimum atomic E-state index is -0.294. The first-order valence-corrected chi connectivity index (χ1v) is 5.54. The number of nitrogens with two attached hydrogens (primary N) is 1. The van der Waals surface area contributed by atoms with E-state index >= 15 is 0 Å². The number of rotatable bonds is 3. The lowest BCUT2D eigenvalue weighted by Crippen LogP contribution is -2.14. The van der Waals surface area contributed by atoms with Crippen LogP contribution in [0, 0.1) is 12.7 Å². The Bertz CT molecular complexity index is 563. The molecule has 2 N–H and O–H groups in total. The molecule has 0 fully saturated rings. The van der Waals surface area contributed by atoms with Crippen molar-refractivity contribution >= 4 is 17.2 Å². The molecule has 1 aromatic heterocycles. The van der Waals surface area contributed by atoms with Crippen LogP contribution in [0.25, 0.3) is 0 Å². The number of thiocarbonyl (C=S) groups is 1. The Balaban J connectivity index is 2.41. The average Bonchev–Trinajstić information content (AvgIpc) is 2.64. The fraction of sp³-hybridized carbons (Fsp3) is 0.167. The van der Waals surface area contributed by atoms with E-state index in [9.17, 15) is 4.39 Å². The molecular formula is C12H12FN3S. The van der Waals surface area contributed by atoms with Crippen molar-refractivity contribution in [2.24, 2.45) is 5.73 Å². The van der Waals surface area contributed by atoms with Crippen LogP contribution in [0.2, 0.25) is 0 Å². The molecule has 0 aliphatic carbocycles. The summed E-state index contributed by atoms with van der Waals surface area (Å²) in [5, 5.41) is 0. The van der Waals surface area contributed by atoms with Gasteiger partial charge in [0.1, 0.15) is 16.6 Å². The molecule has 0 amide bonds. The first-order valence-electron chi connectivity index (χ1n) is 5.14. The van der Waals surface area contributed by atoms with Crippen LogP contribution in [0.5, 0.6) is 0 Å². The summed E-state index contributed by atoms with van der Waals surface area (Å²) in [5.74, 6) is 0.570. The van der Waals surface area contributed by atoms with Crippen LogP contribution in [-0.2, 0) is 6.54 Å². The monoisotopic (exact) mass is 249 g/mol. The second kappa shape index (κ2) is 4.63. The van der Waals surface area contributed by atoms with Crippen LogP contribution < -0.4 is 5.73 Å². The van der Waals surface area contributed by atoms with Gasteiger partial charge in [0.25, 0.3) is 0 Å². The van der Waals surface area contributed by atoms with Crippen LogP contribution in [0.1, 0.15) is 17.0 Å². The Morgan fingerprint density at radius 1 is 1.53 bits per heavy atom. The van der Waals surface area contributed by atoms with Crippen molar-refractivity contribution in [3.05, 3.63) is 53.4 Å². The Labute approximate surface area is 104 Å². The van der Waals surface area contributed by atoms with Crippen LogP contribution in [0.15, 0.2) is 30.6 Å². The Kier molecular flexibility index (Phi) is 3.19. The van der Waals surface area contributed by atoms with E-state index in [-0.39, 0.29) is 10.8 Å². The fourth-order valence-corrected chi connectivity index (χ4v) is 1.89. The number of imidazole rings is 1. The Hall–Kier alpha value is -1.75. The molecule has 0 atom stereocenters. The summed E-state index contributed by atoms with van der Waals surface area (Å²) in [6, 6.07) is 4.42. The predicted molar refractivity (Wildman–Crippen MR) is 68.4 cm³/mol. The zero-order valence-electron chi connectivity index (χ0n) is 9.35. The lowest BCUT2D eigenvalue weighted by Gasteiger charge is -2.10. The summed E-state index contributed by atoms with van der Waals surface area (Å²) >= 11 is 4.95. The quantitative estimate of drug-likeness (QED) is 0.846. The molecule has 2 aromatic rings. The second-order valence-corrected chi connectivity index (χ2v) is 4.21. The number of hydrogen-bond acceptors (Lipinski definition) is 2. The van der Waals surface area contributed by atoms with Crippen molar-refractivity contribution in [1.29, 1.82) is 0 Å². The molecule has 88 valence electrons. The third kappa shape index (κ3) is 2.50. The van der Waals surface area contributed by atoms with E-state index < -0.39 is 0 Å². The molecule has 1 heterocycles. The lowest BCUT2D eigenvalue weighted by atomic mass is 10.1. The maximum absolute atomic E-state index is 13.2. The van der Waals surface area contributed by atoms with Gasteiger partial charge in [-0.15, -0.1) is 0 Å². The standard InChI is InChI=1S/C12H12FN3S/c1-8-15-4-5-16(8)7-9-6-10(13)2-3-11(9)12(14)17/h2-6H,7H2,1H3,(H2,14,17). The molecule has 5 heteroatoms. The molecule has 17 heavy (non-hydrogen) atoms. The summed E-state index contributed by atoms with van der Waals surface area (Å²) in [7, 11) is 0. The number of hydrogen-bond donors (Lipinski definition) is 1. The van der Waals surface area contributed by atoms with Crippen LogP contribution in [0.4, 0.5) is 4.39 Å². The lowest BCUT2D eigenvalue weighted by molar-refractivity contribution is 0.622. The number of aryl methyl sites for hydroxylation is 1. The van der Waals surface area contributed by atoms with E-state index in [1.807, 2.05) is 17.7 Å². The maximum Gasteiger partial charge on any atom is 0.123 e. The van der Waals surface area contributed by atoms with Crippen molar-refractivity contribution in [3.63, 3.8) is 0 Å². The van der Waals surface area contributed by atoms with E-state index in [1.165, 1.54) is 12.1 Å². The van der Waals surface area contributed by atoms with Crippen molar-refractivity contribution in [2.45, 2.75) is 13.5 Å². The van der Waals surface area contributed by atoms with Crippen LogP contribution in [0.3, 0.4) is 0 Å². The maximum atomic E-state index is 13.2. The van der Waals surface area contributed by atoms with E-state index in [0.717, 1.165) is 11.4 Å². The Morgan fingerprint density at radius 2 is 2.29 bits per heavy atom. The van der Waals surface area contributed by atoms with Gasteiger partial charge in [0.2, 0.25) is 0 Å². The third-order valence-electron chi connectivity index (χ3n) is 2.60. The summed E-state index contributed by atoms with van der Waals surface area (Å²) < 4.78 is 15.1. The van der Waals surface area contributed by atoms with Gasteiger partial charge in [-0.25, -0.2) is 9.37 Å². The highest BCUT2D eigenvalue weighted by atomic mass is 32.1.